The van der Waals surface area contributed by atoms with Gasteiger partial charge >= 0.3 is 11.9 Å². The zero-order valence-corrected chi connectivity index (χ0v) is 22.8. The minimum Gasteiger partial charge on any atom is -0.482 e. The van der Waals surface area contributed by atoms with Gasteiger partial charge in [-0.2, -0.15) is 0 Å². The van der Waals surface area contributed by atoms with E-state index in [2.05, 4.69) is 13.0 Å². The molecule has 0 spiro atoms. The summed E-state index contributed by atoms with van der Waals surface area (Å²) in [6.07, 6.45) is 7.99. The monoisotopic (exact) mass is 522 g/mol. The summed E-state index contributed by atoms with van der Waals surface area (Å²) in [5, 5.41) is 11.0. The number of carbonyl (C=O) groups is 2. The summed E-state index contributed by atoms with van der Waals surface area (Å²) >= 11 is 0. The van der Waals surface area contributed by atoms with E-state index >= 15 is 0 Å². The lowest BCUT2D eigenvalue weighted by Gasteiger charge is -2.32. The number of rotatable bonds is 13. The second-order valence-corrected chi connectivity index (χ2v) is 10.9. The van der Waals surface area contributed by atoms with Crippen molar-refractivity contribution in [2.45, 2.75) is 90.4 Å². The highest BCUT2D eigenvalue weighted by atomic mass is 16.6. The molecule has 1 saturated carbocycles. The third kappa shape index (κ3) is 7.59. The van der Waals surface area contributed by atoms with Crippen molar-refractivity contribution >= 4 is 11.9 Å². The van der Waals surface area contributed by atoms with Crippen LogP contribution in [0.5, 0.6) is 5.75 Å². The van der Waals surface area contributed by atoms with Crippen LogP contribution >= 0.6 is 0 Å². The van der Waals surface area contributed by atoms with Gasteiger partial charge in [0, 0.05) is 6.92 Å². The number of aliphatic hydroxyl groups excluding tert-OH is 1. The van der Waals surface area contributed by atoms with Gasteiger partial charge in [-0.3, -0.25) is 4.79 Å². The van der Waals surface area contributed by atoms with E-state index in [1.165, 1.54) is 12.5 Å². The molecule has 2 aliphatic rings. The number of benzene rings is 2. The third-order valence-electron chi connectivity index (χ3n) is 8.22. The number of hydrogen-bond acceptors (Lipinski definition) is 6. The maximum atomic E-state index is 12.3. The van der Waals surface area contributed by atoms with E-state index in [1.54, 1.807) is 0 Å². The zero-order valence-electron chi connectivity index (χ0n) is 22.8. The van der Waals surface area contributed by atoms with Gasteiger partial charge in [-0.1, -0.05) is 62.2 Å². The summed E-state index contributed by atoms with van der Waals surface area (Å²) < 4.78 is 16.9. The Morgan fingerprint density at radius 3 is 2.61 bits per heavy atom. The smallest absolute Gasteiger partial charge is 0.344 e. The van der Waals surface area contributed by atoms with Gasteiger partial charge in [0.1, 0.15) is 18.5 Å². The Labute approximate surface area is 226 Å². The molecule has 1 N–H and O–H groups in total. The largest absolute Gasteiger partial charge is 0.482 e. The molecule has 0 bridgehead atoms. The van der Waals surface area contributed by atoms with E-state index in [1.807, 2.05) is 42.5 Å². The molecule has 2 aromatic carbocycles. The molecule has 4 rings (SSSR count). The molecule has 0 aliphatic heterocycles. The SMILES string of the molecule is CCCCC[C@@H](CC[C@@H]1[C@H]2Cc3cccc(OCC(=O)OCc4ccccc4)c3C[C@H]2C[C@H]1O)OC(C)=O. The minimum atomic E-state index is -0.391. The number of hydrogen-bond donors (Lipinski definition) is 1. The van der Waals surface area contributed by atoms with Crippen LogP contribution in [0.4, 0.5) is 0 Å². The number of aliphatic hydroxyl groups is 1. The predicted molar refractivity (Wildman–Crippen MR) is 146 cm³/mol. The molecule has 6 heteroatoms. The summed E-state index contributed by atoms with van der Waals surface area (Å²) in [6.45, 7) is 3.76. The third-order valence-corrected chi connectivity index (χ3v) is 8.22. The van der Waals surface area contributed by atoms with Crippen molar-refractivity contribution in [2.24, 2.45) is 17.8 Å². The number of unbranched alkanes of at least 4 members (excludes halogenated alkanes) is 2. The van der Waals surface area contributed by atoms with Gasteiger partial charge in [0.05, 0.1) is 6.10 Å². The van der Waals surface area contributed by atoms with E-state index in [0.717, 1.165) is 74.7 Å². The van der Waals surface area contributed by atoms with Crippen LogP contribution in [0.15, 0.2) is 48.5 Å². The molecule has 38 heavy (non-hydrogen) atoms. The highest BCUT2D eigenvalue weighted by Gasteiger charge is 2.45. The normalized spacial score (nSPS) is 22.7. The number of esters is 2. The van der Waals surface area contributed by atoms with Crippen molar-refractivity contribution in [2.75, 3.05) is 6.61 Å². The number of fused-ring (bicyclic) bond motifs is 2. The summed E-state index contributed by atoms with van der Waals surface area (Å²) in [4.78, 5) is 23.9. The van der Waals surface area contributed by atoms with E-state index in [-0.39, 0.29) is 37.3 Å². The fourth-order valence-electron chi connectivity index (χ4n) is 6.35. The lowest BCUT2D eigenvalue weighted by Crippen LogP contribution is -2.28. The van der Waals surface area contributed by atoms with Gasteiger partial charge in [0.15, 0.2) is 6.61 Å². The molecule has 0 heterocycles. The first-order valence-corrected chi connectivity index (χ1v) is 14.2. The summed E-state index contributed by atoms with van der Waals surface area (Å²) in [5.74, 6) is 1.11. The predicted octanol–water partition coefficient (Wildman–Crippen LogP) is 5.81. The van der Waals surface area contributed by atoms with Gasteiger partial charge in [0.2, 0.25) is 0 Å². The maximum absolute atomic E-state index is 12.3. The molecule has 0 aromatic heterocycles. The molecule has 6 nitrogen and oxygen atoms in total. The molecule has 1 fully saturated rings. The molecule has 0 amide bonds. The fourth-order valence-corrected chi connectivity index (χ4v) is 6.35. The molecule has 2 aliphatic carbocycles. The van der Waals surface area contributed by atoms with Crippen LogP contribution in [-0.2, 0) is 38.5 Å². The van der Waals surface area contributed by atoms with Crippen LogP contribution in [0.1, 0.15) is 75.5 Å². The maximum Gasteiger partial charge on any atom is 0.344 e. The van der Waals surface area contributed by atoms with Crippen LogP contribution in [-0.4, -0.2) is 35.9 Å². The summed E-state index contributed by atoms with van der Waals surface area (Å²) in [5.41, 5.74) is 3.33. The topological polar surface area (TPSA) is 82.1 Å². The van der Waals surface area contributed by atoms with Crippen molar-refractivity contribution in [3.8, 4) is 5.75 Å². The van der Waals surface area contributed by atoms with Crippen molar-refractivity contribution in [1.29, 1.82) is 0 Å². The quantitative estimate of drug-likeness (QED) is 0.264. The Morgan fingerprint density at radius 1 is 1.03 bits per heavy atom. The number of carbonyl (C=O) groups excluding carboxylic acids is 2. The molecule has 0 radical (unpaired) electrons. The van der Waals surface area contributed by atoms with Crippen LogP contribution in [0, 0.1) is 17.8 Å². The second kappa shape index (κ2) is 13.8. The summed E-state index contributed by atoms with van der Waals surface area (Å²) in [6, 6.07) is 15.6. The van der Waals surface area contributed by atoms with Crippen molar-refractivity contribution in [1.82, 2.24) is 0 Å². The van der Waals surface area contributed by atoms with Gasteiger partial charge in [0.25, 0.3) is 0 Å². The van der Waals surface area contributed by atoms with Crippen LogP contribution in [0.3, 0.4) is 0 Å². The molecule has 0 saturated heterocycles. The van der Waals surface area contributed by atoms with E-state index in [0.29, 0.717) is 11.8 Å². The van der Waals surface area contributed by atoms with Crippen LogP contribution in [0.25, 0.3) is 0 Å². The van der Waals surface area contributed by atoms with Gasteiger partial charge in [-0.05, 0) is 85.5 Å². The Hall–Kier alpha value is -2.86. The Balaban J connectivity index is 1.33. The van der Waals surface area contributed by atoms with E-state index in [4.69, 9.17) is 14.2 Å². The van der Waals surface area contributed by atoms with E-state index in [9.17, 15) is 14.7 Å². The zero-order chi connectivity index (χ0) is 26.9. The summed E-state index contributed by atoms with van der Waals surface area (Å²) in [7, 11) is 0. The lowest BCUT2D eigenvalue weighted by molar-refractivity contribution is -0.148. The molecule has 5 atom stereocenters. The van der Waals surface area contributed by atoms with Crippen molar-refractivity contribution in [3.63, 3.8) is 0 Å². The fraction of sp³-hybridized carbons (Fsp3) is 0.562. The Morgan fingerprint density at radius 2 is 1.84 bits per heavy atom. The molecule has 2 aromatic rings. The first-order chi connectivity index (χ1) is 18.4. The lowest BCUT2D eigenvalue weighted by atomic mass is 9.73. The van der Waals surface area contributed by atoms with Gasteiger partial charge in [-0.25, -0.2) is 4.79 Å². The molecule has 0 unspecified atom stereocenters. The number of ether oxygens (including phenoxy) is 3. The highest BCUT2D eigenvalue weighted by molar-refractivity contribution is 5.71. The second-order valence-electron chi connectivity index (χ2n) is 10.9. The van der Waals surface area contributed by atoms with Gasteiger partial charge in [-0.15, -0.1) is 0 Å². The van der Waals surface area contributed by atoms with Crippen molar-refractivity contribution < 1.29 is 28.9 Å². The Kier molecular flexibility index (Phi) is 10.2. The first kappa shape index (κ1) is 28.2. The average molecular weight is 523 g/mol. The molecular weight excluding hydrogens is 480 g/mol. The first-order valence-electron chi connectivity index (χ1n) is 14.2. The van der Waals surface area contributed by atoms with Crippen molar-refractivity contribution in [3.05, 3.63) is 65.2 Å². The van der Waals surface area contributed by atoms with Crippen LogP contribution < -0.4 is 4.74 Å². The standard InChI is InChI=1S/C32H42O6/c1-3-4-6-13-26(38-22(2)33)15-16-27-28-17-24-12-9-14-31(29(24)18-25(28)19-30(27)34)36-21-32(35)37-20-23-10-7-5-8-11-23/h5,7-12,14,25-28,30,34H,3-4,6,13,15-21H2,1-2H3/t25-,26-,27+,28-,30+/m0/s1. The van der Waals surface area contributed by atoms with Crippen LogP contribution in [0.2, 0.25) is 0 Å². The minimum absolute atomic E-state index is 0.0668. The Bertz CT molecular complexity index is 1050. The molecule has 206 valence electrons. The van der Waals surface area contributed by atoms with E-state index < -0.39 is 5.97 Å². The highest BCUT2D eigenvalue weighted by Crippen LogP contribution is 2.48. The average Bonchev–Trinajstić information content (AvgIpc) is 3.22. The van der Waals surface area contributed by atoms with Gasteiger partial charge < -0.3 is 19.3 Å². The molecular formula is C32H42O6.